The van der Waals surface area contributed by atoms with Crippen molar-refractivity contribution >= 4 is 40.6 Å². The molecular weight excluding hydrogens is 249 g/mol. The molecule has 1 aromatic carbocycles. The molecule has 0 aliphatic rings. The Kier molecular flexibility index (Phi) is 3.08. The molecule has 1 heterocycles. The minimum Gasteiger partial charge on any atom is -0.460 e. The van der Waals surface area contributed by atoms with E-state index in [0.717, 1.165) is 16.5 Å². The number of ether oxygens (including phenoxy) is 1. The van der Waals surface area contributed by atoms with Gasteiger partial charge < -0.3 is 9.72 Å². The third-order valence-electron chi connectivity index (χ3n) is 2.46. The highest BCUT2D eigenvalue weighted by molar-refractivity contribution is 6.45. The molecule has 0 aliphatic carbocycles. The van der Waals surface area contributed by atoms with Crippen LogP contribution in [0.15, 0.2) is 18.3 Å². The van der Waals surface area contributed by atoms with Crippen LogP contribution in [0.4, 0.5) is 0 Å². The van der Waals surface area contributed by atoms with Gasteiger partial charge in [-0.05, 0) is 19.1 Å². The summed E-state index contributed by atoms with van der Waals surface area (Å²) in [5.74, 6) is 0. The van der Waals surface area contributed by atoms with Crippen LogP contribution in [0.2, 0.25) is 10.0 Å². The number of nitrogens with one attached hydrogen (secondary N) is 1. The van der Waals surface area contributed by atoms with E-state index in [1.165, 1.54) is 0 Å². The van der Waals surface area contributed by atoms with E-state index in [1.54, 1.807) is 19.2 Å². The third kappa shape index (κ3) is 1.77. The molecule has 0 fully saturated rings. The van der Waals surface area contributed by atoms with Gasteiger partial charge in [0.25, 0.3) is 6.47 Å². The van der Waals surface area contributed by atoms with Crippen LogP contribution in [-0.2, 0) is 9.53 Å². The maximum Gasteiger partial charge on any atom is 0.293 e. The number of carbonyl (C=O) groups is 1. The smallest absolute Gasteiger partial charge is 0.293 e. The van der Waals surface area contributed by atoms with Crippen LogP contribution in [0.25, 0.3) is 10.9 Å². The van der Waals surface area contributed by atoms with Crippen LogP contribution in [0, 0.1) is 0 Å². The van der Waals surface area contributed by atoms with Crippen molar-refractivity contribution < 1.29 is 9.53 Å². The minimum atomic E-state index is -0.359. The van der Waals surface area contributed by atoms with Gasteiger partial charge in [-0.3, -0.25) is 4.79 Å². The lowest BCUT2D eigenvalue weighted by atomic mass is 10.1. The largest absolute Gasteiger partial charge is 0.460 e. The summed E-state index contributed by atoms with van der Waals surface area (Å²) < 4.78 is 4.89. The van der Waals surface area contributed by atoms with Crippen molar-refractivity contribution in [3.05, 3.63) is 33.9 Å². The zero-order valence-corrected chi connectivity index (χ0v) is 9.97. The maximum atomic E-state index is 10.3. The zero-order valence-electron chi connectivity index (χ0n) is 8.46. The molecule has 0 spiro atoms. The van der Waals surface area contributed by atoms with Crippen molar-refractivity contribution in [1.82, 2.24) is 4.98 Å². The summed E-state index contributed by atoms with van der Waals surface area (Å²) in [6.45, 7) is 2.19. The molecule has 1 unspecified atom stereocenters. The molecule has 0 saturated heterocycles. The summed E-state index contributed by atoms with van der Waals surface area (Å²) in [4.78, 5) is 13.4. The molecule has 0 aliphatic heterocycles. The van der Waals surface area contributed by atoms with E-state index in [4.69, 9.17) is 27.9 Å². The predicted octanol–water partition coefficient (Wildman–Crippen LogP) is 3.71. The van der Waals surface area contributed by atoms with Crippen molar-refractivity contribution in [2.45, 2.75) is 13.0 Å². The third-order valence-corrected chi connectivity index (χ3v) is 3.27. The quantitative estimate of drug-likeness (QED) is 0.852. The number of carbonyl (C=O) groups excluding carboxylic acids is 1. The van der Waals surface area contributed by atoms with Crippen molar-refractivity contribution in [2.75, 3.05) is 0 Å². The monoisotopic (exact) mass is 257 g/mol. The first-order valence-electron chi connectivity index (χ1n) is 4.69. The van der Waals surface area contributed by atoms with E-state index >= 15 is 0 Å². The SMILES string of the molecule is CC(OC=O)c1c[nH]c2ccc(Cl)c(Cl)c12. The standard InChI is InChI=1S/C11H9Cl2NO2/c1-6(16-5-15)7-4-14-9-3-2-8(12)11(13)10(7)9/h2-6,14H,1H3. The molecular formula is C11H9Cl2NO2. The maximum absolute atomic E-state index is 10.3. The number of H-pyrrole nitrogens is 1. The van der Waals surface area contributed by atoms with Gasteiger partial charge in [-0.25, -0.2) is 0 Å². The average Bonchev–Trinajstić information content (AvgIpc) is 2.68. The molecule has 0 radical (unpaired) electrons. The highest BCUT2D eigenvalue weighted by Crippen LogP contribution is 2.35. The fraction of sp³-hybridized carbons (Fsp3) is 0.182. The summed E-state index contributed by atoms with van der Waals surface area (Å²) >= 11 is 12.1. The summed E-state index contributed by atoms with van der Waals surface area (Å²) in [5.41, 5.74) is 1.68. The number of hydrogen-bond donors (Lipinski definition) is 1. The van der Waals surface area contributed by atoms with Crippen molar-refractivity contribution in [2.24, 2.45) is 0 Å². The van der Waals surface area contributed by atoms with Gasteiger partial charge in [0.15, 0.2) is 0 Å². The summed E-state index contributed by atoms with van der Waals surface area (Å²) in [7, 11) is 0. The highest BCUT2D eigenvalue weighted by Gasteiger charge is 2.15. The van der Waals surface area contributed by atoms with Gasteiger partial charge in [0.1, 0.15) is 6.10 Å². The molecule has 0 amide bonds. The van der Waals surface area contributed by atoms with Gasteiger partial charge in [-0.1, -0.05) is 23.2 Å². The van der Waals surface area contributed by atoms with Crippen LogP contribution in [0.5, 0.6) is 0 Å². The molecule has 1 aromatic heterocycles. The lowest BCUT2D eigenvalue weighted by Gasteiger charge is -2.09. The van der Waals surface area contributed by atoms with Crippen molar-refractivity contribution in [3.63, 3.8) is 0 Å². The number of benzene rings is 1. The lowest BCUT2D eigenvalue weighted by Crippen LogP contribution is -1.97. The van der Waals surface area contributed by atoms with Crippen LogP contribution in [0.3, 0.4) is 0 Å². The number of aromatic nitrogens is 1. The highest BCUT2D eigenvalue weighted by atomic mass is 35.5. The van der Waals surface area contributed by atoms with Gasteiger partial charge in [-0.2, -0.15) is 0 Å². The van der Waals surface area contributed by atoms with Crippen molar-refractivity contribution in [3.8, 4) is 0 Å². The topological polar surface area (TPSA) is 42.1 Å². The second-order valence-corrected chi connectivity index (χ2v) is 4.19. The van der Waals surface area contributed by atoms with Crippen LogP contribution >= 0.6 is 23.2 Å². The van der Waals surface area contributed by atoms with Crippen molar-refractivity contribution in [1.29, 1.82) is 0 Å². The number of hydrogen-bond acceptors (Lipinski definition) is 2. The molecule has 1 atom stereocenters. The number of halogens is 2. The molecule has 84 valence electrons. The van der Waals surface area contributed by atoms with E-state index in [0.29, 0.717) is 16.5 Å². The molecule has 5 heteroatoms. The van der Waals surface area contributed by atoms with E-state index in [2.05, 4.69) is 4.98 Å². The van der Waals surface area contributed by atoms with Crippen LogP contribution < -0.4 is 0 Å². The molecule has 1 N–H and O–H groups in total. The van der Waals surface area contributed by atoms with E-state index in [-0.39, 0.29) is 6.10 Å². The van der Waals surface area contributed by atoms with Gasteiger partial charge in [0, 0.05) is 22.7 Å². The Bertz CT molecular complexity index is 536. The summed E-state index contributed by atoms with van der Waals surface area (Å²) in [6.07, 6.45) is 1.41. The van der Waals surface area contributed by atoms with Crippen LogP contribution in [0.1, 0.15) is 18.6 Å². The average molecular weight is 258 g/mol. The normalized spacial score (nSPS) is 12.7. The second-order valence-electron chi connectivity index (χ2n) is 3.40. The zero-order chi connectivity index (χ0) is 11.7. The molecule has 0 bridgehead atoms. The second kappa shape index (κ2) is 4.36. The molecule has 0 saturated carbocycles. The molecule has 2 aromatic rings. The van der Waals surface area contributed by atoms with E-state index < -0.39 is 0 Å². The lowest BCUT2D eigenvalue weighted by molar-refractivity contribution is -0.133. The first-order valence-corrected chi connectivity index (χ1v) is 5.45. The number of aromatic amines is 1. The minimum absolute atomic E-state index is 0.359. The Morgan fingerprint density at radius 3 is 2.88 bits per heavy atom. The van der Waals surface area contributed by atoms with Gasteiger partial charge >= 0.3 is 0 Å². The Labute approximate surface area is 102 Å². The summed E-state index contributed by atoms with van der Waals surface area (Å²) in [5, 5.41) is 1.74. The Balaban J connectivity index is 2.62. The number of fused-ring (bicyclic) bond motifs is 1. The predicted molar refractivity (Wildman–Crippen MR) is 63.9 cm³/mol. The number of rotatable bonds is 3. The fourth-order valence-electron chi connectivity index (χ4n) is 1.66. The Morgan fingerprint density at radius 2 is 2.19 bits per heavy atom. The molecule has 3 nitrogen and oxygen atoms in total. The first-order chi connectivity index (χ1) is 7.65. The Morgan fingerprint density at radius 1 is 1.44 bits per heavy atom. The summed E-state index contributed by atoms with van der Waals surface area (Å²) in [6, 6.07) is 3.55. The Hall–Kier alpha value is -1.19. The van der Waals surface area contributed by atoms with Gasteiger partial charge in [0.05, 0.1) is 10.0 Å². The van der Waals surface area contributed by atoms with Crippen LogP contribution in [-0.4, -0.2) is 11.5 Å². The van der Waals surface area contributed by atoms with E-state index in [1.807, 2.05) is 6.07 Å². The fourth-order valence-corrected chi connectivity index (χ4v) is 2.09. The molecule has 2 rings (SSSR count). The molecule has 16 heavy (non-hydrogen) atoms. The van der Waals surface area contributed by atoms with Gasteiger partial charge in [-0.15, -0.1) is 0 Å². The van der Waals surface area contributed by atoms with E-state index in [9.17, 15) is 4.79 Å². The first kappa shape index (κ1) is 11.3. The van der Waals surface area contributed by atoms with Gasteiger partial charge in [0.2, 0.25) is 0 Å².